The lowest BCUT2D eigenvalue weighted by molar-refractivity contribution is 0.335. The van der Waals surface area contributed by atoms with Crippen molar-refractivity contribution in [2.24, 2.45) is 0 Å². The molecule has 2 fully saturated rings. The van der Waals surface area contributed by atoms with E-state index in [1.54, 1.807) is 16.4 Å². The number of fused-ring (bicyclic) bond motifs is 3. The highest BCUT2D eigenvalue weighted by Crippen LogP contribution is 2.38. The molecular weight excluding hydrogens is 375 g/mol. The molecule has 3 heterocycles. The smallest absolute Gasteiger partial charge is 0.253 e. The summed E-state index contributed by atoms with van der Waals surface area (Å²) in [6, 6.07) is 7.50. The van der Waals surface area contributed by atoms with Crippen molar-refractivity contribution in [3.8, 4) is 0 Å². The van der Waals surface area contributed by atoms with Crippen molar-refractivity contribution in [2.45, 2.75) is 35.6 Å². The maximum Gasteiger partial charge on any atom is 0.253 e. The Kier molecular flexibility index (Phi) is 4.93. The summed E-state index contributed by atoms with van der Waals surface area (Å²) in [5.74, 6) is 0. The number of halogens is 2. The first-order valence-corrected chi connectivity index (χ1v) is 10.1. The van der Waals surface area contributed by atoms with Gasteiger partial charge in [-0.1, -0.05) is 11.6 Å². The first-order chi connectivity index (χ1) is 10.6. The van der Waals surface area contributed by atoms with Crippen molar-refractivity contribution >= 4 is 55.5 Å². The van der Waals surface area contributed by atoms with Crippen LogP contribution in [0.25, 0.3) is 10.1 Å². The maximum atomic E-state index is 13.1. The van der Waals surface area contributed by atoms with Crippen LogP contribution in [0.4, 0.5) is 0 Å². The molecule has 4 nitrogen and oxygen atoms in total. The molecule has 126 valence electrons. The van der Waals surface area contributed by atoms with Crippen molar-refractivity contribution in [2.75, 3.05) is 13.1 Å². The Balaban J connectivity index is 0.00000156. The molecular formula is C15H18Cl2N2O2S2. The molecule has 23 heavy (non-hydrogen) atoms. The molecule has 2 atom stereocenters. The third kappa shape index (κ3) is 3.01. The van der Waals surface area contributed by atoms with Crippen LogP contribution in [0.1, 0.15) is 19.3 Å². The minimum absolute atomic E-state index is 0. The van der Waals surface area contributed by atoms with Crippen LogP contribution < -0.4 is 5.32 Å². The van der Waals surface area contributed by atoms with Crippen LogP contribution in [0.2, 0.25) is 5.02 Å². The van der Waals surface area contributed by atoms with Crippen LogP contribution in [0, 0.1) is 0 Å². The van der Waals surface area contributed by atoms with E-state index in [9.17, 15) is 8.42 Å². The zero-order chi connectivity index (χ0) is 15.3. The predicted octanol–water partition coefficient (Wildman–Crippen LogP) is 3.49. The topological polar surface area (TPSA) is 49.4 Å². The maximum absolute atomic E-state index is 13.1. The van der Waals surface area contributed by atoms with Crippen molar-refractivity contribution in [3.05, 3.63) is 29.3 Å². The number of hydrogen-bond acceptors (Lipinski definition) is 4. The number of nitrogens with zero attached hydrogens (tertiary/aromatic N) is 1. The Hall–Kier alpha value is -0.370. The van der Waals surface area contributed by atoms with Gasteiger partial charge in [-0.05, 0) is 55.5 Å². The first-order valence-electron chi connectivity index (χ1n) is 7.49. The van der Waals surface area contributed by atoms with Crippen LogP contribution in [-0.4, -0.2) is 37.9 Å². The normalized spacial score (nSPS) is 25.3. The van der Waals surface area contributed by atoms with Gasteiger partial charge in [0, 0.05) is 28.4 Å². The van der Waals surface area contributed by atoms with E-state index in [0.29, 0.717) is 9.23 Å². The van der Waals surface area contributed by atoms with E-state index in [0.717, 1.165) is 42.4 Å². The van der Waals surface area contributed by atoms with Crippen LogP contribution in [0.3, 0.4) is 0 Å². The lowest BCUT2D eigenvalue weighted by Crippen LogP contribution is -2.42. The number of thiophene rings is 1. The van der Waals surface area contributed by atoms with Crippen LogP contribution in [-0.2, 0) is 10.0 Å². The van der Waals surface area contributed by atoms with E-state index < -0.39 is 10.0 Å². The zero-order valence-corrected chi connectivity index (χ0v) is 15.6. The molecule has 2 aliphatic heterocycles. The minimum atomic E-state index is -3.43. The Labute approximate surface area is 151 Å². The quantitative estimate of drug-likeness (QED) is 0.850. The molecule has 2 aromatic rings. The van der Waals surface area contributed by atoms with E-state index in [2.05, 4.69) is 5.32 Å². The van der Waals surface area contributed by atoms with Gasteiger partial charge in [0.25, 0.3) is 10.0 Å². The lowest BCUT2D eigenvalue weighted by atomic mass is 10.1. The standard InChI is InChI=1S/C15H17ClN2O2S2.ClH/c16-11-1-4-14-10(7-11)8-15(21-14)22(19,20)18-12-2-3-13(18)9-17-6-5-12;/h1,4,7-8,12-13,17H,2-3,5-6,9H2;1H. The molecule has 2 saturated heterocycles. The van der Waals surface area contributed by atoms with E-state index in [1.165, 1.54) is 11.3 Å². The molecule has 0 amide bonds. The second-order valence-electron chi connectivity index (χ2n) is 5.96. The molecule has 0 spiro atoms. The summed E-state index contributed by atoms with van der Waals surface area (Å²) in [7, 11) is -3.43. The Morgan fingerprint density at radius 3 is 2.78 bits per heavy atom. The van der Waals surface area contributed by atoms with E-state index in [-0.39, 0.29) is 24.5 Å². The fourth-order valence-electron chi connectivity index (χ4n) is 3.55. The first kappa shape index (κ1) is 17.5. The summed E-state index contributed by atoms with van der Waals surface area (Å²) in [6.45, 7) is 1.65. The van der Waals surface area contributed by atoms with Gasteiger partial charge in [0.05, 0.1) is 0 Å². The molecule has 1 N–H and O–H groups in total. The number of nitrogens with one attached hydrogen (secondary N) is 1. The average molecular weight is 393 g/mol. The summed E-state index contributed by atoms with van der Waals surface area (Å²) >= 11 is 7.34. The zero-order valence-electron chi connectivity index (χ0n) is 12.4. The van der Waals surface area contributed by atoms with E-state index in [4.69, 9.17) is 11.6 Å². The molecule has 1 aromatic heterocycles. The van der Waals surface area contributed by atoms with Gasteiger partial charge in [-0.3, -0.25) is 0 Å². The summed E-state index contributed by atoms with van der Waals surface area (Å²) in [5.41, 5.74) is 0. The summed E-state index contributed by atoms with van der Waals surface area (Å²) < 4.78 is 29.4. The Bertz CT molecular complexity index is 808. The third-order valence-electron chi connectivity index (χ3n) is 4.57. The molecule has 2 unspecified atom stereocenters. The second-order valence-corrected chi connectivity index (χ2v) is 9.55. The monoisotopic (exact) mass is 392 g/mol. The highest BCUT2D eigenvalue weighted by molar-refractivity contribution is 7.91. The summed E-state index contributed by atoms with van der Waals surface area (Å²) in [5, 5.41) is 4.88. The van der Waals surface area contributed by atoms with Gasteiger partial charge in [-0.25, -0.2) is 8.42 Å². The minimum Gasteiger partial charge on any atom is -0.315 e. The van der Waals surface area contributed by atoms with Gasteiger partial charge in [-0.2, -0.15) is 4.31 Å². The van der Waals surface area contributed by atoms with Crippen molar-refractivity contribution in [1.82, 2.24) is 9.62 Å². The van der Waals surface area contributed by atoms with Crippen LogP contribution in [0.15, 0.2) is 28.5 Å². The lowest BCUT2D eigenvalue weighted by Gasteiger charge is -2.26. The van der Waals surface area contributed by atoms with Crippen molar-refractivity contribution in [3.63, 3.8) is 0 Å². The number of rotatable bonds is 2. The molecule has 8 heteroatoms. The summed E-state index contributed by atoms with van der Waals surface area (Å²) in [6.07, 6.45) is 2.82. The predicted molar refractivity (Wildman–Crippen MR) is 97.4 cm³/mol. The fourth-order valence-corrected chi connectivity index (χ4v) is 7.11. The molecule has 2 aliphatic rings. The SMILES string of the molecule is Cl.O=S(=O)(c1cc2cc(Cl)ccc2s1)N1C2CCNCC1CC2. The van der Waals surface area contributed by atoms with Gasteiger partial charge in [-0.15, -0.1) is 23.7 Å². The van der Waals surface area contributed by atoms with Crippen molar-refractivity contribution < 1.29 is 8.42 Å². The Morgan fingerprint density at radius 2 is 1.96 bits per heavy atom. The van der Waals surface area contributed by atoms with Gasteiger partial charge >= 0.3 is 0 Å². The van der Waals surface area contributed by atoms with Crippen LogP contribution >= 0.6 is 35.3 Å². The highest BCUT2D eigenvalue weighted by Gasteiger charge is 2.43. The van der Waals surface area contributed by atoms with Crippen molar-refractivity contribution in [1.29, 1.82) is 0 Å². The van der Waals surface area contributed by atoms with Gasteiger partial charge in [0.2, 0.25) is 0 Å². The molecule has 2 bridgehead atoms. The largest absolute Gasteiger partial charge is 0.315 e. The second kappa shape index (κ2) is 6.50. The van der Waals surface area contributed by atoms with Crippen LogP contribution in [0.5, 0.6) is 0 Å². The number of hydrogen-bond donors (Lipinski definition) is 1. The Morgan fingerprint density at radius 1 is 1.17 bits per heavy atom. The van der Waals surface area contributed by atoms with E-state index >= 15 is 0 Å². The van der Waals surface area contributed by atoms with Gasteiger partial charge in [0.15, 0.2) is 0 Å². The average Bonchev–Trinajstić information content (AvgIpc) is 2.99. The fraction of sp³-hybridized carbons (Fsp3) is 0.467. The van der Waals surface area contributed by atoms with Gasteiger partial charge < -0.3 is 5.32 Å². The molecule has 4 rings (SSSR count). The molecule has 0 saturated carbocycles. The summed E-state index contributed by atoms with van der Waals surface area (Å²) in [4.78, 5) is 0. The molecule has 0 aliphatic carbocycles. The number of benzene rings is 1. The van der Waals surface area contributed by atoms with E-state index in [1.807, 2.05) is 12.1 Å². The highest BCUT2D eigenvalue weighted by atomic mass is 35.5. The third-order valence-corrected chi connectivity index (χ3v) is 8.38. The number of sulfonamides is 1. The molecule has 1 aromatic carbocycles. The van der Waals surface area contributed by atoms with Gasteiger partial charge in [0.1, 0.15) is 4.21 Å². The molecule has 0 radical (unpaired) electrons.